The summed E-state index contributed by atoms with van der Waals surface area (Å²) in [5.41, 5.74) is 2.06. The van der Waals surface area contributed by atoms with Gasteiger partial charge in [0, 0.05) is 11.6 Å². The molecule has 1 aliphatic rings. The van der Waals surface area contributed by atoms with Crippen LogP contribution in [-0.2, 0) is 12.8 Å². The third-order valence-corrected chi connectivity index (χ3v) is 2.98. The lowest BCUT2D eigenvalue weighted by Gasteiger charge is -2.17. The number of likely N-dealkylation sites (N-methyl/N-ethyl adjacent to an activating group) is 1. The van der Waals surface area contributed by atoms with Gasteiger partial charge in [-0.1, -0.05) is 6.07 Å². The van der Waals surface area contributed by atoms with Crippen LogP contribution in [0.3, 0.4) is 0 Å². The second kappa shape index (κ2) is 4.41. The highest BCUT2D eigenvalue weighted by Crippen LogP contribution is 2.37. The maximum Gasteiger partial charge on any atom is 0.161 e. The molecule has 84 valence electrons. The molecule has 1 unspecified atom stereocenters. The fraction of sp³-hybridized carbons (Fsp3) is 0.455. The SMILES string of the molecule is Br.CN(C)C1Cc2ccc(O)c(O)c2C1. The zero-order chi connectivity index (χ0) is 10.3. The summed E-state index contributed by atoms with van der Waals surface area (Å²) in [6, 6.07) is 3.90. The minimum atomic E-state index is -0.0110. The number of nitrogens with zero attached hydrogens (tertiary/aromatic N) is 1. The van der Waals surface area contributed by atoms with Crippen LogP contribution in [0.2, 0.25) is 0 Å². The van der Waals surface area contributed by atoms with Crippen LogP contribution in [0.25, 0.3) is 0 Å². The van der Waals surface area contributed by atoms with E-state index in [4.69, 9.17) is 0 Å². The fourth-order valence-corrected chi connectivity index (χ4v) is 2.01. The van der Waals surface area contributed by atoms with E-state index in [1.165, 1.54) is 0 Å². The summed E-state index contributed by atoms with van der Waals surface area (Å²) in [5, 5.41) is 19.0. The number of fused-ring (bicyclic) bond motifs is 1. The number of hydrogen-bond donors (Lipinski definition) is 2. The van der Waals surface area contributed by atoms with Crippen LogP contribution in [-0.4, -0.2) is 35.3 Å². The van der Waals surface area contributed by atoms with Gasteiger partial charge < -0.3 is 15.1 Å². The summed E-state index contributed by atoms with van der Waals surface area (Å²) >= 11 is 0. The van der Waals surface area contributed by atoms with E-state index in [0.717, 1.165) is 24.0 Å². The summed E-state index contributed by atoms with van der Waals surface area (Å²) in [6.45, 7) is 0. The molecule has 0 bridgehead atoms. The quantitative estimate of drug-likeness (QED) is 0.766. The smallest absolute Gasteiger partial charge is 0.161 e. The van der Waals surface area contributed by atoms with Crippen LogP contribution in [0, 0.1) is 0 Å². The zero-order valence-corrected chi connectivity index (χ0v) is 10.6. The van der Waals surface area contributed by atoms with E-state index in [2.05, 4.69) is 4.90 Å². The van der Waals surface area contributed by atoms with Crippen molar-refractivity contribution in [3.05, 3.63) is 23.3 Å². The Morgan fingerprint density at radius 2 is 1.87 bits per heavy atom. The Hall–Kier alpha value is -0.740. The Bertz CT molecular complexity index is 366. The lowest BCUT2D eigenvalue weighted by Crippen LogP contribution is -2.27. The second-order valence-electron chi connectivity index (χ2n) is 4.10. The van der Waals surface area contributed by atoms with E-state index in [0.29, 0.717) is 6.04 Å². The molecule has 0 spiro atoms. The van der Waals surface area contributed by atoms with Gasteiger partial charge in [0.2, 0.25) is 0 Å². The summed E-state index contributed by atoms with van der Waals surface area (Å²) in [7, 11) is 4.07. The minimum Gasteiger partial charge on any atom is -0.504 e. The molecule has 0 saturated heterocycles. The largest absolute Gasteiger partial charge is 0.504 e. The van der Waals surface area contributed by atoms with Crippen molar-refractivity contribution in [3.63, 3.8) is 0 Å². The van der Waals surface area contributed by atoms with Gasteiger partial charge in [0.25, 0.3) is 0 Å². The molecule has 0 aromatic heterocycles. The molecule has 0 saturated carbocycles. The van der Waals surface area contributed by atoms with Crippen LogP contribution < -0.4 is 0 Å². The van der Waals surface area contributed by atoms with Crippen molar-refractivity contribution in [2.45, 2.75) is 18.9 Å². The number of hydrogen-bond acceptors (Lipinski definition) is 3. The number of benzene rings is 1. The molecule has 2 N–H and O–H groups in total. The van der Waals surface area contributed by atoms with Crippen LogP contribution in [0.5, 0.6) is 11.5 Å². The van der Waals surface area contributed by atoms with Gasteiger partial charge in [-0.3, -0.25) is 0 Å². The summed E-state index contributed by atoms with van der Waals surface area (Å²) < 4.78 is 0. The predicted molar refractivity (Wildman–Crippen MR) is 65.0 cm³/mol. The van der Waals surface area contributed by atoms with Crippen molar-refractivity contribution in [2.24, 2.45) is 0 Å². The molecule has 3 nitrogen and oxygen atoms in total. The first-order valence-electron chi connectivity index (χ1n) is 4.78. The Morgan fingerprint density at radius 3 is 2.47 bits per heavy atom. The highest BCUT2D eigenvalue weighted by Gasteiger charge is 2.26. The van der Waals surface area contributed by atoms with Gasteiger partial charge in [-0.15, -0.1) is 17.0 Å². The first kappa shape index (κ1) is 12.3. The predicted octanol–water partition coefficient (Wildman–Crippen LogP) is 1.70. The van der Waals surface area contributed by atoms with Gasteiger partial charge in [-0.25, -0.2) is 0 Å². The van der Waals surface area contributed by atoms with Gasteiger partial charge >= 0.3 is 0 Å². The molecular weight excluding hydrogens is 258 g/mol. The Balaban J connectivity index is 0.00000112. The number of rotatable bonds is 1. The van der Waals surface area contributed by atoms with Crippen molar-refractivity contribution < 1.29 is 10.2 Å². The molecule has 1 aromatic rings. The van der Waals surface area contributed by atoms with E-state index in [1.807, 2.05) is 20.2 Å². The molecule has 15 heavy (non-hydrogen) atoms. The van der Waals surface area contributed by atoms with Crippen molar-refractivity contribution in [3.8, 4) is 11.5 Å². The van der Waals surface area contributed by atoms with Crippen LogP contribution in [0.1, 0.15) is 11.1 Å². The lowest BCUT2D eigenvalue weighted by molar-refractivity contribution is 0.302. The van der Waals surface area contributed by atoms with Gasteiger partial charge in [0.15, 0.2) is 11.5 Å². The monoisotopic (exact) mass is 273 g/mol. The molecule has 0 radical (unpaired) electrons. The van der Waals surface area contributed by atoms with Gasteiger partial charge in [0.1, 0.15) is 0 Å². The molecular formula is C11H16BrNO2. The van der Waals surface area contributed by atoms with Crippen molar-refractivity contribution in [2.75, 3.05) is 14.1 Å². The van der Waals surface area contributed by atoms with E-state index in [1.54, 1.807) is 6.07 Å². The normalized spacial score (nSPS) is 18.7. The maximum atomic E-state index is 9.65. The zero-order valence-electron chi connectivity index (χ0n) is 8.90. The standard InChI is InChI=1S/C11H15NO2.BrH/c1-12(2)8-5-7-3-4-10(13)11(14)9(7)6-8;/h3-4,8,13-14H,5-6H2,1-2H3;1H. The second-order valence-corrected chi connectivity index (χ2v) is 4.10. The Morgan fingerprint density at radius 1 is 1.20 bits per heavy atom. The number of phenolic OH excluding ortho intramolecular Hbond substituents is 2. The summed E-state index contributed by atoms with van der Waals surface area (Å²) in [5.74, 6) is 0.0509. The first-order valence-corrected chi connectivity index (χ1v) is 4.78. The summed E-state index contributed by atoms with van der Waals surface area (Å²) in [4.78, 5) is 2.15. The number of aromatic hydroxyl groups is 2. The molecule has 2 rings (SSSR count). The topological polar surface area (TPSA) is 43.7 Å². The van der Waals surface area contributed by atoms with Gasteiger partial charge in [-0.05, 0) is 38.6 Å². The van der Waals surface area contributed by atoms with Gasteiger partial charge in [0.05, 0.1) is 0 Å². The Labute approximate surface area is 100 Å². The lowest BCUT2D eigenvalue weighted by atomic mass is 10.1. The van der Waals surface area contributed by atoms with Crippen molar-refractivity contribution >= 4 is 17.0 Å². The minimum absolute atomic E-state index is 0. The fourth-order valence-electron chi connectivity index (χ4n) is 2.01. The summed E-state index contributed by atoms with van der Waals surface area (Å²) in [6.07, 6.45) is 1.78. The van der Waals surface area contributed by atoms with Crippen LogP contribution in [0.15, 0.2) is 12.1 Å². The molecule has 4 heteroatoms. The number of phenols is 2. The first-order chi connectivity index (χ1) is 6.59. The average Bonchev–Trinajstić information content (AvgIpc) is 2.56. The van der Waals surface area contributed by atoms with Crippen molar-refractivity contribution in [1.29, 1.82) is 0 Å². The van der Waals surface area contributed by atoms with Crippen LogP contribution in [0.4, 0.5) is 0 Å². The third-order valence-electron chi connectivity index (χ3n) is 2.98. The van der Waals surface area contributed by atoms with E-state index < -0.39 is 0 Å². The Kier molecular flexibility index (Phi) is 3.62. The van der Waals surface area contributed by atoms with E-state index in [-0.39, 0.29) is 28.5 Å². The molecule has 0 amide bonds. The molecule has 1 aromatic carbocycles. The molecule has 0 fully saturated rings. The molecule has 1 aliphatic carbocycles. The number of halogens is 1. The molecule has 0 aliphatic heterocycles. The maximum absolute atomic E-state index is 9.65. The molecule has 0 heterocycles. The highest BCUT2D eigenvalue weighted by molar-refractivity contribution is 8.93. The van der Waals surface area contributed by atoms with Crippen molar-refractivity contribution in [1.82, 2.24) is 4.90 Å². The average molecular weight is 274 g/mol. The third kappa shape index (κ3) is 2.11. The van der Waals surface area contributed by atoms with Crippen LogP contribution >= 0.6 is 17.0 Å². The highest BCUT2D eigenvalue weighted by atomic mass is 79.9. The molecule has 1 atom stereocenters. The van der Waals surface area contributed by atoms with E-state index >= 15 is 0 Å². The van der Waals surface area contributed by atoms with E-state index in [9.17, 15) is 10.2 Å². The van der Waals surface area contributed by atoms with Gasteiger partial charge in [-0.2, -0.15) is 0 Å².